The van der Waals surface area contributed by atoms with Crippen LogP contribution in [0.5, 0.6) is 0 Å². The monoisotopic (exact) mass is 226 g/mol. The van der Waals surface area contributed by atoms with Gasteiger partial charge >= 0.3 is 0 Å². The van der Waals surface area contributed by atoms with Crippen molar-refractivity contribution in [2.75, 3.05) is 18.0 Å². The van der Waals surface area contributed by atoms with Gasteiger partial charge in [-0.15, -0.1) is 0 Å². The van der Waals surface area contributed by atoms with Crippen LogP contribution in [0.4, 0.5) is 5.69 Å². The van der Waals surface area contributed by atoms with E-state index in [2.05, 4.69) is 11.0 Å². The number of halogens is 1. The lowest BCUT2D eigenvalue weighted by Crippen LogP contribution is -2.40. The molecular weight excluding hydrogens is 212 g/mol. The maximum atomic E-state index is 5.95. The molecule has 1 fully saturated rings. The second-order valence-electron chi connectivity index (χ2n) is 3.83. The molecule has 82 valence electrons. The highest BCUT2D eigenvalue weighted by Crippen LogP contribution is 2.23. The molecule has 1 aromatic rings. The molecule has 15 heavy (non-hydrogen) atoms. The molecule has 0 saturated carbocycles. The average molecular weight is 227 g/mol. The van der Waals surface area contributed by atoms with Gasteiger partial charge in [-0.05, 0) is 31.0 Å². The second-order valence-corrected chi connectivity index (χ2v) is 4.26. The van der Waals surface area contributed by atoms with Crippen LogP contribution in [0.2, 0.25) is 5.02 Å². The zero-order chi connectivity index (χ0) is 10.7. The molecule has 2 N–H and O–H groups in total. The second kappa shape index (κ2) is 4.84. The van der Waals surface area contributed by atoms with Gasteiger partial charge in [-0.3, -0.25) is 4.84 Å². The first kappa shape index (κ1) is 10.7. The van der Waals surface area contributed by atoms with Gasteiger partial charge in [-0.25, -0.2) is 5.90 Å². The molecule has 1 unspecified atom stereocenters. The quantitative estimate of drug-likeness (QED) is 0.786. The van der Waals surface area contributed by atoms with Crippen molar-refractivity contribution in [3.05, 3.63) is 29.3 Å². The fraction of sp³-hybridized carbons (Fsp3) is 0.455. The van der Waals surface area contributed by atoms with E-state index in [4.69, 9.17) is 22.3 Å². The fourth-order valence-electron chi connectivity index (χ4n) is 1.96. The van der Waals surface area contributed by atoms with Gasteiger partial charge in [0.05, 0.1) is 6.10 Å². The first-order valence-electron chi connectivity index (χ1n) is 5.15. The normalized spacial score (nSPS) is 21.7. The lowest BCUT2D eigenvalue weighted by molar-refractivity contribution is 0.0435. The molecule has 1 aromatic carbocycles. The third kappa shape index (κ3) is 2.62. The summed E-state index contributed by atoms with van der Waals surface area (Å²) in [6.07, 6.45) is 2.28. The largest absolute Gasteiger partial charge is 0.369 e. The first-order chi connectivity index (χ1) is 7.29. The molecule has 4 heteroatoms. The molecule has 0 spiro atoms. The van der Waals surface area contributed by atoms with Crippen molar-refractivity contribution in [3.8, 4) is 0 Å². The molecule has 1 aliphatic rings. The Morgan fingerprint density at radius 1 is 1.47 bits per heavy atom. The minimum Gasteiger partial charge on any atom is -0.369 e. The Morgan fingerprint density at radius 3 is 3.07 bits per heavy atom. The zero-order valence-electron chi connectivity index (χ0n) is 8.53. The molecule has 0 aliphatic carbocycles. The van der Waals surface area contributed by atoms with Crippen molar-refractivity contribution in [2.24, 2.45) is 5.90 Å². The molecule has 1 saturated heterocycles. The van der Waals surface area contributed by atoms with Gasteiger partial charge in [0.25, 0.3) is 0 Å². The summed E-state index contributed by atoms with van der Waals surface area (Å²) in [5, 5.41) is 0.767. The van der Waals surface area contributed by atoms with E-state index in [1.165, 1.54) is 0 Å². The number of piperidine rings is 1. The highest BCUT2D eigenvalue weighted by atomic mass is 35.5. The minimum atomic E-state index is 0.137. The molecule has 3 nitrogen and oxygen atoms in total. The van der Waals surface area contributed by atoms with Crippen LogP contribution in [-0.4, -0.2) is 19.2 Å². The van der Waals surface area contributed by atoms with Gasteiger partial charge in [0.1, 0.15) is 0 Å². The highest BCUT2D eigenvalue weighted by molar-refractivity contribution is 6.30. The van der Waals surface area contributed by atoms with Crippen molar-refractivity contribution in [2.45, 2.75) is 18.9 Å². The SMILES string of the molecule is NOC1CCCN(c2cccc(Cl)c2)C1. The number of anilines is 1. The number of hydrogen-bond acceptors (Lipinski definition) is 3. The Morgan fingerprint density at radius 2 is 2.33 bits per heavy atom. The Labute approximate surface area is 94.7 Å². The topological polar surface area (TPSA) is 38.5 Å². The molecule has 1 aliphatic heterocycles. The smallest absolute Gasteiger partial charge is 0.0962 e. The maximum Gasteiger partial charge on any atom is 0.0962 e. The predicted octanol–water partition coefficient (Wildman–Crippen LogP) is 2.20. The molecule has 0 aromatic heterocycles. The van der Waals surface area contributed by atoms with Crippen LogP contribution < -0.4 is 10.8 Å². The van der Waals surface area contributed by atoms with E-state index in [1.807, 2.05) is 18.2 Å². The molecule has 0 amide bonds. The van der Waals surface area contributed by atoms with Crippen molar-refractivity contribution < 1.29 is 4.84 Å². The third-order valence-electron chi connectivity index (χ3n) is 2.74. The summed E-state index contributed by atoms with van der Waals surface area (Å²) in [5.74, 6) is 5.22. The molecule has 2 rings (SSSR count). The first-order valence-corrected chi connectivity index (χ1v) is 5.53. The Balaban J connectivity index is 2.09. The number of benzene rings is 1. The van der Waals surface area contributed by atoms with Crippen molar-refractivity contribution >= 4 is 17.3 Å². The average Bonchev–Trinajstić information content (AvgIpc) is 2.29. The molecule has 1 heterocycles. The van der Waals surface area contributed by atoms with E-state index in [0.717, 1.165) is 36.6 Å². The summed E-state index contributed by atoms with van der Waals surface area (Å²) in [4.78, 5) is 7.16. The molecule has 0 bridgehead atoms. The van der Waals surface area contributed by atoms with Crippen LogP contribution in [0, 0.1) is 0 Å². The van der Waals surface area contributed by atoms with Gasteiger partial charge in [0.15, 0.2) is 0 Å². The van der Waals surface area contributed by atoms with E-state index in [-0.39, 0.29) is 6.10 Å². The molecule has 0 radical (unpaired) electrons. The van der Waals surface area contributed by atoms with Gasteiger partial charge in [-0.1, -0.05) is 17.7 Å². The van der Waals surface area contributed by atoms with E-state index in [1.54, 1.807) is 0 Å². The molecular formula is C11H15ClN2O. The number of hydrogen-bond donors (Lipinski definition) is 1. The Kier molecular flexibility index (Phi) is 3.46. The van der Waals surface area contributed by atoms with Crippen molar-refractivity contribution in [1.82, 2.24) is 0 Å². The van der Waals surface area contributed by atoms with Crippen LogP contribution >= 0.6 is 11.6 Å². The molecule has 1 atom stereocenters. The standard InChI is InChI=1S/C11H15ClN2O/c12-9-3-1-4-10(7-9)14-6-2-5-11(8-14)15-13/h1,3-4,7,11H,2,5-6,8,13H2. The summed E-state index contributed by atoms with van der Waals surface area (Å²) < 4.78 is 0. The van der Waals surface area contributed by atoms with E-state index in [0.29, 0.717) is 0 Å². The maximum absolute atomic E-state index is 5.95. The summed E-state index contributed by atoms with van der Waals surface area (Å²) in [6, 6.07) is 7.88. The lowest BCUT2D eigenvalue weighted by Gasteiger charge is -2.33. The van der Waals surface area contributed by atoms with Gasteiger partial charge in [0, 0.05) is 23.8 Å². The number of nitrogens with two attached hydrogens (primary N) is 1. The summed E-state index contributed by atoms with van der Waals surface area (Å²) in [5.41, 5.74) is 1.14. The minimum absolute atomic E-state index is 0.137. The summed E-state index contributed by atoms with van der Waals surface area (Å²) >= 11 is 5.95. The van der Waals surface area contributed by atoms with Crippen molar-refractivity contribution in [1.29, 1.82) is 0 Å². The lowest BCUT2D eigenvalue weighted by atomic mass is 10.1. The van der Waals surface area contributed by atoms with Crippen LogP contribution in [0.25, 0.3) is 0 Å². The number of nitrogens with zero attached hydrogens (tertiary/aromatic N) is 1. The van der Waals surface area contributed by atoms with Crippen LogP contribution in [0.1, 0.15) is 12.8 Å². The summed E-state index contributed by atoms with van der Waals surface area (Å²) in [7, 11) is 0. The highest BCUT2D eigenvalue weighted by Gasteiger charge is 2.20. The number of rotatable bonds is 2. The van der Waals surface area contributed by atoms with E-state index in [9.17, 15) is 0 Å². The third-order valence-corrected chi connectivity index (χ3v) is 2.98. The van der Waals surface area contributed by atoms with Gasteiger partial charge in [-0.2, -0.15) is 0 Å². The fourth-order valence-corrected chi connectivity index (χ4v) is 2.14. The van der Waals surface area contributed by atoms with Crippen molar-refractivity contribution in [3.63, 3.8) is 0 Å². The Bertz CT molecular complexity index is 332. The van der Waals surface area contributed by atoms with E-state index >= 15 is 0 Å². The van der Waals surface area contributed by atoms with Crippen LogP contribution in [0.3, 0.4) is 0 Å². The van der Waals surface area contributed by atoms with Crippen LogP contribution in [0.15, 0.2) is 24.3 Å². The van der Waals surface area contributed by atoms with Gasteiger partial charge in [0.2, 0.25) is 0 Å². The summed E-state index contributed by atoms with van der Waals surface area (Å²) in [6.45, 7) is 1.89. The predicted molar refractivity (Wildman–Crippen MR) is 62.0 cm³/mol. The van der Waals surface area contributed by atoms with Crippen LogP contribution in [-0.2, 0) is 4.84 Å². The zero-order valence-corrected chi connectivity index (χ0v) is 9.28. The van der Waals surface area contributed by atoms with Gasteiger partial charge < -0.3 is 4.90 Å². The Hall–Kier alpha value is -0.770. The van der Waals surface area contributed by atoms with E-state index < -0.39 is 0 Å².